The predicted molar refractivity (Wildman–Crippen MR) is 121 cm³/mol. The minimum atomic E-state index is -1.02. The Morgan fingerprint density at radius 2 is 1.29 bits per heavy atom. The first-order valence-electron chi connectivity index (χ1n) is 10.3. The summed E-state index contributed by atoms with van der Waals surface area (Å²) in [7, 11) is 0. The average molecular weight is 478 g/mol. The second kappa shape index (κ2) is 12.4. The van der Waals surface area contributed by atoms with Crippen molar-refractivity contribution in [3.05, 3.63) is 42.5 Å². The number of rotatable bonds is 8. The van der Waals surface area contributed by atoms with Crippen LogP contribution in [0.5, 0.6) is 11.5 Å². The van der Waals surface area contributed by atoms with Gasteiger partial charge in [-0.15, -0.1) is 0 Å². The smallest absolute Gasteiger partial charge is 0.459 e. The van der Waals surface area contributed by atoms with Crippen LogP contribution in [0.1, 0.15) is 47.1 Å². The minimum Gasteiger partial charge on any atom is -0.459 e. The van der Waals surface area contributed by atoms with Crippen molar-refractivity contribution in [2.75, 3.05) is 13.2 Å². The van der Waals surface area contributed by atoms with Gasteiger partial charge >= 0.3 is 24.2 Å². The number of esters is 2. The molecule has 10 heteroatoms. The molecule has 0 fully saturated rings. The average Bonchev–Trinajstić information content (AvgIpc) is 2.68. The molecule has 0 aliphatic heterocycles. The SMILES string of the molecule is C=CC(=O)OCCOC(=O)/C=C/c1ccc(OC(=O)OC(C)(C)C)c(OC(=O)OC(C)(C)C)c1. The molecule has 0 radical (unpaired) electrons. The highest BCUT2D eigenvalue weighted by molar-refractivity contribution is 5.87. The van der Waals surface area contributed by atoms with E-state index in [0.29, 0.717) is 5.56 Å². The first kappa shape index (κ1) is 28.2. The molecule has 0 aliphatic rings. The summed E-state index contributed by atoms with van der Waals surface area (Å²) in [5.41, 5.74) is -1.19. The van der Waals surface area contributed by atoms with Crippen molar-refractivity contribution in [1.29, 1.82) is 0 Å². The van der Waals surface area contributed by atoms with Crippen LogP contribution < -0.4 is 9.47 Å². The van der Waals surface area contributed by atoms with Gasteiger partial charge in [0, 0.05) is 12.2 Å². The largest absolute Gasteiger partial charge is 0.514 e. The molecule has 0 N–H and O–H groups in total. The zero-order chi connectivity index (χ0) is 25.9. The Hall–Kier alpha value is -3.82. The molecule has 0 heterocycles. The molecule has 0 atom stereocenters. The summed E-state index contributed by atoms with van der Waals surface area (Å²) < 4.78 is 30.2. The van der Waals surface area contributed by atoms with Crippen molar-refractivity contribution >= 4 is 30.3 Å². The molecule has 0 unspecified atom stereocenters. The maximum Gasteiger partial charge on any atom is 0.514 e. The van der Waals surface area contributed by atoms with Gasteiger partial charge in [0.05, 0.1) is 0 Å². The second-order valence-electron chi connectivity index (χ2n) is 8.71. The number of hydrogen-bond donors (Lipinski definition) is 0. The predicted octanol–water partition coefficient (Wildman–Crippen LogP) is 4.60. The fraction of sp³-hybridized carbons (Fsp3) is 0.417. The molecular weight excluding hydrogens is 448 g/mol. The number of benzene rings is 1. The Morgan fingerprint density at radius 3 is 1.79 bits per heavy atom. The van der Waals surface area contributed by atoms with Crippen molar-refractivity contribution in [2.45, 2.75) is 52.7 Å². The molecular formula is C24H30O10. The zero-order valence-electron chi connectivity index (χ0n) is 20.2. The molecule has 0 saturated carbocycles. The summed E-state index contributed by atoms with van der Waals surface area (Å²) in [6.07, 6.45) is 1.49. The maximum atomic E-state index is 12.1. The van der Waals surface area contributed by atoms with Gasteiger partial charge in [-0.25, -0.2) is 19.2 Å². The van der Waals surface area contributed by atoms with E-state index in [-0.39, 0.29) is 24.7 Å². The molecule has 0 bridgehead atoms. The molecule has 34 heavy (non-hydrogen) atoms. The highest BCUT2D eigenvalue weighted by Gasteiger charge is 2.23. The molecule has 0 aliphatic carbocycles. The number of carbonyl (C=O) groups excluding carboxylic acids is 4. The molecule has 186 valence electrons. The number of ether oxygens (including phenoxy) is 6. The quantitative estimate of drug-likeness (QED) is 0.172. The van der Waals surface area contributed by atoms with E-state index in [1.807, 2.05) is 0 Å². The first-order valence-corrected chi connectivity index (χ1v) is 10.3. The van der Waals surface area contributed by atoms with E-state index < -0.39 is 35.5 Å². The zero-order valence-corrected chi connectivity index (χ0v) is 20.2. The van der Waals surface area contributed by atoms with Gasteiger partial charge in [-0.3, -0.25) is 0 Å². The van der Waals surface area contributed by atoms with Crippen LogP contribution in [0.15, 0.2) is 36.9 Å². The van der Waals surface area contributed by atoms with Gasteiger partial charge in [-0.2, -0.15) is 0 Å². The van der Waals surface area contributed by atoms with E-state index in [1.54, 1.807) is 41.5 Å². The van der Waals surface area contributed by atoms with Gasteiger partial charge in [0.1, 0.15) is 24.4 Å². The van der Waals surface area contributed by atoms with Gasteiger partial charge < -0.3 is 28.4 Å². The summed E-state index contributed by atoms with van der Waals surface area (Å²) >= 11 is 0. The van der Waals surface area contributed by atoms with E-state index in [0.717, 1.165) is 12.2 Å². The monoisotopic (exact) mass is 478 g/mol. The van der Waals surface area contributed by atoms with E-state index in [4.69, 9.17) is 28.4 Å². The third-order valence-electron chi connectivity index (χ3n) is 3.28. The van der Waals surface area contributed by atoms with Crippen molar-refractivity contribution in [1.82, 2.24) is 0 Å². The van der Waals surface area contributed by atoms with Gasteiger partial charge in [-0.05, 0) is 65.3 Å². The summed E-state index contributed by atoms with van der Waals surface area (Å²) in [5.74, 6) is -1.55. The Bertz CT molecular complexity index is 932. The molecule has 1 aromatic rings. The van der Waals surface area contributed by atoms with Crippen LogP contribution in [0.4, 0.5) is 9.59 Å². The molecule has 0 saturated heterocycles. The van der Waals surface area contributed by atoms with Crippen LogP contribution >= 0.6 is 0 Å². The summed E-state index contributed by atoms with van der Waals surface area (Å²) in [5, 5.41) is 0. The van der Waals surface area contributed by atoms with Crippen LogP contribution in [-0.2, 0) is 28.5 Å². The van der Waals surface area contributed by atoms with Gasteiger partial charge in [0.2, 0.25) is 0 Å². The summed E-state index contributed by atoms with van der Waals surface area (Å²) in [6.45, 7) is 13.0. The van der Waals surface area contributed by atoms with Crippen molar-refractivity contribution < 1.29 is 47.6 Å². The lowest BCUT2D eigenvalue weighted by Gasteiger charge is -2.20. The Kier molecular flexibility index (Phi) is 10.3. The van der Waals surface area contributed by atoms with Crippen molar-refractivity contribution in [3.8, 4) is 11.5 Å². The molecule has 0 aromatic heterocycles. The summed E-state index contributed by atoms with van der Waals surface area (Å²) in [6, 6.07) is 4.24. The lowest BCUT2D eigenvalue weighted by Crippen LogP contribution is -2.27. The fourth-order valence-corrected chi connectivity index (χ4v) is 2.07. The Labute approximate surface area is 198 Å². The van der Waals surface area contributed by atoms with E-state index in [1.165, 1.54) is 24.3 Å². The van der Waals surface area contributed by atoms with Crippen LogP contribution in [0.3, 0.4) is 0 Å². The van der Waals surface area contributed by atoms with Gasteiger partial charge in [0.15, 0.2) is 11.5 Å². The normalized spacial score (nSPS) is 11.4. The van der Waals surface area contributed by atoms with Crippen molar-refractivity contribution in [3.63, 3.8) is 0 Å². The lowest BCUT2D eigenvalue weighted by molar-refractivity contribution is -0.145. The highest BCUT2D eigenvalue weighted by atomic mass is 16.8. The first-order chi connectivity index (χ1) is 15.7. The van der Waals surface area contributed by atoms with E-state index in [9.17, 15) is 19.2 Å². The van der Waals surface area contributed by atoms with Crippen molar-refractivity contribution in [2.24, 2.45) is 0 Å². The van der Waals surface area contributed by atoms with Gasteiger partial charge in [-0.1, -0.05) is 12.6 Å². The second-order valence-corrected chi connectivity index (χ2v) is 8.71. The van der Waals surface area contributed by atoms with Crippen LogP contribution in [-0.4, -0.2) is 48.7 Å². The summed E-state index contributed by atoms with van der Waals surface area (Å²) in [4.78, 5) is 47.0. The molecule has 1 rings (SSSR count). The number of carbonyl (C=O) groups is 4. The highest BCUT2D eigenvalue weighted by Crippen LogP contribution is 2.30. The van der Waals surface area contributed by atoms with Crippen LogP contribution in [0.25, 0.3) is 6.08 Å². The topological polar surface area (TPSA) is 124 Å². The molecule has 1 aromatic carbocycles. The van der Waals surface area contributed by atoms with E-state index >= 15 is 0 Å². The Balaban J connectivity index is 2.95. The number of hydrogen-bond acceptors (Lipinski definition) is 10. The third kappa shape index (κ3) is 12.3. The molecule has 0 spiro atoms. The molecule has 0 amide bonds. The molecule has 10 nitrogen and oxygen atoms in total. The van der Waals surface area contributed by atoms with Gasteiger partial charge in [0.25, 0.3) is 0 Å². The third-order valence-corrected chi connectivity index (χ3v) is 3.28. The Morgan fingerprint density at radius 1 is 0.794 bits per heavy atom. The lowest BCUT2D eigenvalue weighted by atomic mass is 10.2. The minimum absolute atomic E-state index is 0.0936. The fourth-order valence-electron chi connectivity index (χ4n) is 2.07. The maximum absolute atomic E-state index is 12.1. The standard InChI is InChI=1S/C24H30O10/c1-8-19(25)29-13-14-30-20(26)12-10-16-9-11-17(31-21(27)33-23(2,3)4)18(15-16)32-22(28)34-24(5,6)7/h8-12,15H,1,13-14H2,2-7H3/b12-10+. The van der Waals surface area contributed by atoms with E-state index in [2.05, 4.69) is 6.58 Å². The van der Waals surface area contributed by atoms with Crippen LogP contribution in [0, 0.1) is 0 Å². The van der Waals surface area contributed by atoms with Crippen LogP contribution in [0.2, 0.25) is 0 Å².